The molecule has 0 fully saturated rings. The first-order valence-corrected chi connectivity index (χ1v) is 15.9. The van der Waals surface area contributed by atoms with Crippen molar-refractivity contribution in [3.8, 4) is 0 Å². The smallest absolute Gasteiger partial charge is 0.303 e. The van der Waals surface area contributed by atoms with Crippen molar-refractivity contribution in [2.45, 2.75) is 44.9 Å². The standard InChI is InChI=1S/C29H56ClNO12/c30-8-3-1-2-4-10-35-12-14-37-16-18-39-20-22-41-24-26-43-27-25-42-23-21-40-19-17-38-15-13-36-11-5-9-31-28(32)6-7-29(33)34/h1-27H2,(H,31,32)(H,33,34). The van der Waals surface area contributed by atoms with Gasteiger partial charge in [0.1, 0.15) is 0 Å². The molecule has 0 saturated carbocycles. The number of aliphatic carboxylic acids is 1. The molecule has 0 radical (unpaired) electrons. The number of halogens is 1. The van der Waals surface area contributed by atoms with Crippen LogP contribution in [-0.2, 0) is 52.2 Å². The molecule has 0 rings (SSSR count). The van der Waals surface area contributed by atoms with Crippen LogP contribution < -0.4 is 5.32 Å². The minimum absolute atomic E-state index is 0.00718. The molecule has 0 atom stereocenters. The lowest BCUT2D eigenvalue weighted by molar-refractivity contribution is -0.138. The third-order valence-corrected chi connectivity index (χ3v) is 5.77. The number of unbranched alkanes of at least 4 members (excludes halogenated alkanes) is 3. The van der Waals surface area contributed by atoms with Crippen LogP contribution in [0.3, 0.4) is 0 Å². The van der Waals surface area contributed by atoms with Gasteiger partial charge >= 0.3 is 5.97 Å². The molecule has 0 aliphatic heterocycles. The third kappa shape index (κ3) is 38.8. The van der Waals surface area contributed by atoms with Gasteiger partial charge in [-0.3, -0.25) is 9.59 Å². The molecule has 256 valence electrons. The monoisotopic (exact) mass is 645 g/mol. The van der Waals surface area contributed by atoms with Crippen molar-refractivity contribution in [3.63, 3.8) is 0 Å². The van der Waals surface area contributed by atoms with Crippen molar-refractivity contribution < 1.29 is 57.3 Å². The van der Waals surface area contributed by atoms with Crippen LogP contribution in [0.25, 0.3) is 0 Å². The molecule has 0 aromatic rings. The molecule has 14 heteroatoms. The van der Waals surface area contributed by atoms with E-state index in [9.17, 15) is 9.59 Å². The van der Waals surface area contributed by atoms with Crippen LogP contribution in [0, 0.1) is 0 Å². The Morgan fingerprint density at radius 3 is 1.12 bits per heavy atom. The molecule has 0 aromatic heterocycles. The molecule has 2 N–H and O–H groups in total. The molecular formula is C29H56ClNO12. The van der Waals surface area contributed by atoms with Gasteiger partial charge < -0.3 is 53.1 Å². The highest BCUT2D eigenvalue weighted by Crippen LogP contribution is 2.01. The Labute approximate surface area is 262 Å². The minimum Gasteiger partial charge on any atom is -0.481 e. The number of nitrogens with one attached hydrogen (secondary N) is 1. The summed E-state index contributed by atoms with van der Waals surface area (Å²) in [5, 5.41) is 11.2. The highest BCUT2D eigenvalue weighted by Gasteiger charge is 2.04. The fourth-order valence-electron chi connectivity index (χ4n) is 3.22. The van der Waals surface area contributed by atoms with Crippen molar-refractivity contribution in [1.82, 2.24) is 5.32 Å². The molecule has 0 aromatic carbocycles. The average molecular weight is 646 g/mol. The van der Waals surface area contributed by atoms with E-state index in [-0.39, 0.29) is 18.7 Å². The summed E-state index contributed by atoms with van der Waals surface area (Å²) in [5.41, 5.74) is 0. The lowest BCUT2D eigenvalue weighted by atomic mass is 10.2. The van der Waals surface area contributed by atoms with Gasteiger partial charge in [0, 0.05) is 32.1 Å². The van der Waals surface area contributed by atoms with Gasteiger partial charge in [-0.05, 0) is 19.3 Å². The van der Waals surface area contributed by atoms with Crippen LogP contribution in [0.15, 0.2) is 0 Å². The first kappa shape index (κ1) is 41.9. The second-order valence-electron chi connectivity index (χ2n) is 9.21. The van der Waals surface area contributed by atoms with Gasteiger partial charge in [-0.2, -0.15) is 0 Å². The number of amides is 1. The van der Waals surface area contributed by atoms with Crippen molar-refractivity contribution in [2.24, 2.45) is 0 Å². The highest BCUT2D eigenvalue weighted by atomic mass is 35.5. The molecule has 0 unspecified atom stereocenters. The van der Waals surface area contributed by atoms with Crippen LogP contribution in [0.1, 0.15) is 44.9 Å². The van der Waals surface area contributed by atoms with Crippen molar-refractivity contribution in [2.75, 3.05) is 131 Å². The van der Waals surface area contributed by atoms with Crippen molar-refractivity contribution >= 4 is 23.5 Å². The maximum atomic E-state index is 11.3. The normalized spacial score (nSPS) is 11.3. The van der Waals surface area contributed by atoms with Crippen LogP contribution >= 0.6 is 11.6 Å². The number of alkyl halides is 1. The van der Waals surface area contributed by atoms with E-state index < -0.39 is 5.97 Å². The Bertz CT molecular complexity index is 592. The molecule has 0 aliphatic rings. The van der Waals surface area contributed by atoms with Gasteiger partial charge in [-0.1, -0.05) is 12.8 Å². The zero-order valence-electron chi connectivity index (χ0n) is 25.9. The third-order valence-electron chi connectivity index (χ3n) is 5.50. The van der Waals surface area contributed by atoms with E-state index in [0.717, 1.165) is 31.7 Å². The SMILES string of the molecule is O=C(O)CCC(=O)NCCCOCCOCCOCCOCCOCCOCCOCCOCCOCCCCCCCl. The van der Waals surface area contributed by atoms with E-state index >= 15 is 0 Å². The molecular weight excluding hydrogens is 590 g/mol. The Morgan fingerprint density at radius 2 is 0.767 bits per heavy atom. The fraction of sp³-hybridized carbons (Fsp3) is 0.931. The predicted molar refractivity (Wildman–Crippen MR) is 161 cm³/mol. The van der Waals surface area contributed by atoms with Gasteiger partial charge in [0.05, 0.1) is 112 Å². The van der Waals surface area contributed by atoms with E-state index in [2.05, 4.69) is 5.32 Å². The minimum atomic E-state index is -0.980. The molecule has 43 heavy (non-hydrogen) atoms. The van der Waals surface area contributed by atoms with Gasteiger partial charge in [0.15, 0.2) is 0 Å². The molecule has 1 amide bonds. The topological polar surface area (TPSA) is 149 Å². The summed E-state index contributed by atoms with van der Waals surface area (Å²) in [5.74, 6) is -0.507. The Hall–Kier alpha value is -1.13. The van der Waals surface area contributed by atoms with Crippen LogP contribution in [-0.4, -0.2) is 148 Å². The Kier molecular flexibility index (Phi) is 36.1. The van der Waals surface area contributed by atoms with Crippen molar-refractivity contribution in [1.29, 1.82) is 0 Å². The molecule has 0 bridgehead atoms. The number of rotatable bonds is 37. The lowest BCUT2D eigenvalue weighted by Crippen LogP contribution is -2.25. The van der Waals surface area contributed by atoms with Crippen LogP contribution in [0.5, 0.6) is 0 Å². The number of hydrogen-bond donors (Lipinski definition) is 2. The quantitative estimate of drug-likeness (QED) is 0.0754. The molecule has 0 aliphatic carbocycles. The van der Waals surface area contributed by atoms with Gasteiger partial charge in [-0.15, -0.1) is 11.6 Å². The summed E-state index contributed by atoms with van der Waals surface area (Å²) in [6, 6.07) is 0. The number of carboxylic acid groups (broad SMARTS) is 1. The maximum Gasteiger partial charge on any atom is 0.303 e. The second-order valence-corrected chi connectivity index (χ2v) is 9.59. The average Bonchev–Trinajstić information content (AvgIpc) is 3.00. The summed E-state index contributed by atoms with van der Waals surface area (Å²) in [6.45, 7) is 9.85. The summed E-state index contributed by atoms with van der Waals surface area (Å²) >= 11 is 5.64. The number of carbonyl (C=O) groups excluding carboxylic acids is 1. The van der Waals surface area contributed by atoms with Gasteiger partial charge in [0.25, 0.3) is 0 Å². The van der Waals surface area contributed by atoms with Gasteiger partial charge in [-0.25, -0.2) is 0 Å². The Morgan fingerprint density at radius 1 is 0.442 bits per heavy atom. The van der Waals surface area contributed by atoms with Crippen LogP contribution in [0.2, 0.25) is 0 Å². The van der Waals surface area contributed by atoms with Crippen LogP contribution in [0.4, 0.5) is 0 Å². The summed E-state index contributed by atoms with van der Waals surface area (Å²) in [4.78, 5) is 21.7. The zero-order valence-corrected chi connectivity index (χ0v) is 26.7. The zero-order chi connectivity index (χ0) is 31.3. The highest BCUT2D eigenvalue weighted by molar-refractivity contribution is 6.17. The molecule has 0 spiro atoms. The van der Waals surface area contributed by atoms with E-state index in [1.54, 1.807) is 0 Å². The number of carboxylic acids is 1. The predicted octanol–water partition coefficient (Wildman–Crippen LogP) is 2.31. The number of ether oxygens (including phenoxy) is 9. The van der Waals surface area contributed by atoms with Gasteiger partial charge in [0.2, 0.25) is 5.91 Å². The summed E-state index contributed by atoms with van der Waals surface area (Å²) in [6.07, 6.45) is 4.96. The summed E-state index contributed by atoms with van der Waals surface area (Å²) < 4.78 is 49.1. The number of hydrogen-bond acceptors (Lipinski definition) is 11. The fourth-order valence-corrected chi connectivity index (χ4v) is 3.41. The summed E-state index contributed by atoms with van der Waals surface area (Å²) in [7, 11) is 0. The molecule has 0 saturated heterocycles. The van der Waals surface area contributed by atoms with E-state index in [0.29, 0.717) is 125 Å². The molecule has 0 heterocycles. The second kappa shape index (κ2) is 37.1. The number of carbonyl (C=O) groups is 2. The maximum absolute atomic E-state index is 11.3. The van der Waals surface area contributed by atoms with Crippen molar-refractivity contribution in [3.05, 3.63) is 0 Å². The van der Waals surface area contributed by atoms with E-state index in [1.165, 1.54) is 6.42 Å². The first-order chi connectivity index (χ1) is 21.2. The first-order valence-electron chi connectivity index (χ1n) is 15.4. The van der Waals surface area contributed by atoms with E-state index in [1.807, 2.05) is 0 Å². The Balaban J connectivity index is 3.08. The molecule has 13 nitrogen and oxygen atoms in total. The lowest BCUT2D eigenvalue weighted by Gasteiger charge is -2.09. The van der Waals surface area contributed by atoms with E-state index in [4.69, 9.17) is 59.3 Å². The largest absolute Gasteiger partial charge is 0.481 e.